The van der Waals surface area contributed by atoms with Crippen LogP contribution < -0.4 is 0 Å². The van der Waals surface area contributed by atoms with Gasteiger partial charge in [-0.05, 0) is 35.3 Å². The molecule has 17 heavy (non-hydrogen) atoms. The highest BCUT2D eigenvalue weighted by atomic mass is 35.5. The number of rotatable bonds is 2. The average molecular weight is 263 g/mol. The Morgan fingerprint density at radius 3 is 2.18 bits per heavy atom. The van der Waals surface area contributed by atoms with Gasteiger partial charge in [0.15, 0.2) is 0 Å². The normalized spacial score (nSPS) is 10.1. The first-order valence-electron chi connectivity index (χ1n) is 5.35. The summed E-state index contributed by atoms with van der Waals surface area (Å²) in [4.78, 5) is 0. The van der Waals surface area contributed by atoms with Gasteiger partial charge in [0.1, 0.15) is 4.49 Å². The van der Waals surface area contributed by atoms with E-state index in [1.165, 1.54) is 16.7 Å². The van der Waals surface area contributed by atoms with E-state index in [0.29, 0.717) is 0 Å². The first-order chi connectivity index (χ1) is 8.16. The number of hydrogen-bond acceptors (Lipinski definition) is 0. The summed E-state index contributed by atoms with van der Waals surface area (Å²) in [5.74, 6) is 0. The lowest BCUT2D eigenvalue weighted by atomic mass is 10.00. The van der Waals surface area contributed by atoms with Gasteiger partial charge in [-0.1, -0.05) is 71.7 Å². The van der Waals surface area contributed by atoms with Crippen molar-refractivity contribution < 1.29 is 0 Å². The van der Waals surface area contributed by atoms with Crippen LogP contribution in [-0.2, 0) is 0 Å². The molecule has 0 aliphatic carbocycles. The molecule has 0 unspecified atom stereocenters. The first-order valence-corrected chi connectivity index (χ1v) is 6.11. The minimum atomic E-state index is 0.272. The third-order valence-corrected chi connectivity index (χ3v) is 2.86. The topological polar surface area (TPSA) is 0 Å². The third-order valence-electron chi connectivity index (χ3n) is 2.64. The van der Waals surface area contributed by atoms with Crippen molar-refractivity contribution in [2.45, 2.75) is 6.92 Å². The largest absolute Gasteiger partial charge is 0.107 e. The highest BCUT2D eigenvalue weighted by molar-refractivity contribution is 6.57. The third kappa shape index (κ3) is 3.12. The minimum Gasteiger partial charge on any atom is -0.0709 e. The number of halogens is 2. The van der Waals surface area contributed by atoms with Crippen LogP contribution in [0.2, 0.25) is 0 Å². The van der Waals surface area contributed by atoms with Crippen LogP contribution in [0.15, 0.2) is 53.0 Å². The van der Waals surface area contributed by atoms with Crippen LogP contribution in [0.4, 0.5) is 0 Å². The summed E-state index contributed by atoms with van der Waals surface area (Å²) >= 11 is 11.2. The van der Waals surface area contributed by atoms with E-state index in [9.17, 15) is 0 Å². The quantitative estimate of drug-likeness (QED) is 0.676. The summed E-state index contributed by atoms with van der Waals surface area (Å²) in [6.45, 7) is 2.11. The lowest BCUT2D eigenvalue weighted by Crippen LogP contribution is -1.82. The SMILES string of the molecule is Cc1ccccc1-c1ccc(C=C(Cl)Cl)cc1. The summed E-state index contributed by atoms with van der Waals surface area (Å²) in [6, 6.07) is 16.5. The van der Waals surface area contributed by atoms with Gasteiger partial charge in [0.2, 0.25) is 0 Å². The van der Waals surface area contributed by atoms with Gasteiger partial charge in [-0.2, -0.15) is 0 Å². The fraction of sp³-hybridized carbons (Fsp3) is 0.0667. The summed E-state index contributed by atoms with van der Waals surface area (Å²) < 4.78 is 0.272. The molecule has 0 nitrogen and oxygen atoms in total. The maximum atomic E-state index is 5.62. The zero-order valence-corrected chi connectivity index (χ0v) is 11.0. The molecule has 0 heterocycles. The van der Waals surface area contributed by atoms with Gasteiger partial charge in [-0.25, -0.2) is 0 Å². The molecule has 0 aliphatic heterocycles. The summed E-state index contributed by atoms with van der Waals surface area (Å²) in [7, 11) is 0. The van der Waals surface area contributed by atoms with Crippen molar-refractivity contribution in [3.8, 4) is 11.1 Å². The highest BCUT2D eigenvalue weighted by Crippen LogP contribution is 2.24. The Balaban J connectivity index is 2.36. The van der Waals surface area contributed by atoms with E-state index < -0.39 is 0 Å². The molecule has 0 atom stereocenters. The standard InChI is InChI=1S/C15H12Cl2/c1-11-4-2-3-5-14(11)13-8-6-12(7-9-13)10-15(16)17/h2-10H,1H3. The van der Waals surface area contributed by atoms with Crippen molar-refractivity contribution >= 4 is 29.3 Å². The lowest BCUT2D eigenvalue weighted by Gasteiger charge is -2.05. The molecule has 0 amide bonds. The summed E-state index contributed by atoms with van der Waals surface area (Å²) in [5, 5.41) is 0. The predicted octanol–water partition coefficient (Wildman–Crippen LogP) is 5.44. The fourth-order valence-corrected chi connectivity index (χ4v) is 2.03. The zero-order chi connectivity index (χ0) is 12.3. The first kappa shape index (κ1) is 12.2. The van der Waals surface area contributed by atoms with Gasteiger partial charge in [0.25, 0.3) is 0 Å². The monoisotopic (exact) mass is 262 g/mol. The average Bonchev–Trinajstić information content (AvgIpc) is 2.30. The molecule has 0 aromatic heterocycles. The molecule has 0 saturated carbocycles. The second kappa shape index (κ2) is 5.39. The highest BCUT2D eigenvalue weighted by Gasteiger charge is 2.00. The van der Waals surface area contributed by atoms with Gasteiger partial charge in [0, 0.05) is 0 Å². The number of aryl methyl sites for hydroxylation is 1. The molecule has 2 heteroatoms. The van der Waals surface area contributed by atoms with Crippen LogP contribution in [0.25, 0.3) is 17.2 Å². The molecule has 0 spiro atoms. The van der Waals surface area contributed by atoms with Crippen LogP contribution in [0.3, 0.4) is 0 Å². The number of benzene rings is 2. The van der Waals surface area contributed by atoms with Gasteiger partial charge < -0.3 is 0 Å². The molecule has 2 aromatic carbocycles. The zero-order valence-electron chi connectivity index (χ0n) is 9.45. The summed E-state index contributed by atoms with van der Waals surface area (Å²) in [6.07, 6.45) is 1.73. The van der Waals surface area contributed by atoms with E-state index in [1.807, 2.05) is 24.3 Å². The van der Waals surface area contributed by atoms with Crippen molar-refractivity contribution in [3.63, 3.8) is 0 Å². The Kier molecular flexibility index (Phi) is 3.88. The maximum absolute atomic E-state index is 5.62. The lowest BCUT2D eigenvalue weighted by molar-refractivity contribution is 1.46. The Morgan fingerprint density at radius 2 is 1.59 bits per heavy atom. The molecule has 0 saturated heterocycles. The molecule has 0 aliphatic rings. The summed E-state index contributed by atoms with van der Waals surface area (Å²) in [5.41, 5.74) is 4.72. The number of hydrogen-bond donors (Lipinski definition) is 0. The van der Waals surface area contributed by atoms with Crippen molar-refractivity contribution in [2.24, 2.45) is 0 Å². The Morgan fingerprint density at radius 1 is 0.941 bits per heavy atom. The van der Waals surface area contributed by atoms with Crippen molar-refractivity contribution in [1.82, 2.24) is 0 Å². The fourth-order valence-electron chi connectivity index (χ4n) is 1.78. The van der Waals surface area contributed by atoms with Gasteiger partial charge in [-0.15, -0.1) is 0 Å². The molecule has 2 rings (SSSR count). The van der Waals surface area contributed by atoms with E-state index >= 15 is 0 Å². The molecule has 0 N–H and O–H groups in total. The van der Waals surface area contributed by atoms with Crippen LogP contribution in [-0.4, -0.2) is 0 Å². The molecule has 0 fully saturated rings. The minimum absolute atomic E-state index is 0.272. The molecule has 0 bridgehead atoms. The van der Waals surface area contributed by atoms with E-state index in [2.05, 4.69) is 31.2 Å². The van der Waals surface area contributed by atoms with Crippen molar-refractivity contribution in [2.75, 3.05) is 0 Å². The van der Waals surface area contributed by atoms with E-state index in [1.54, 1.807) is 6.08 Å². The van der Waals surface area contributed by atoms with Crippen molar-refractivity contribution in [1.29, 1.82) is 0 Å². The predicted molar refractivity (Wildman–Crippen MR) is 76.3 cm³/mol. The molecular weight excluding hydrogens is 251 g/mol. The van der Waals surface area contributed by atoms with Crippen LogP contribution in [0, 0.1) is 6.92 Å². The Hall–Kier alpha value is -1.24. The second-order valence-corrected chi connectivity index (χ2v) is 4.88. The molecule has 2 aromatic rings. The van der Waals surface area contributed by atoms with Crippen molar-refractivity contribution in [3.05, 3.63) is 64.1 Å². The van der Waals surface area contributed by atoms with Gasteiger partial charge in [-0.3, -0.25) is 0 Å². The maximum Gasteiger partial charge on any atom is 0.107 e. The smallest absolute Gasteiger partial charge is 0.0709 e. The van der Waals surface area contributed by atoms with E-state index in [-0.39, 0.29) is 4.49 Å². The van der Waals surface area contributed by atoms with Crippen LogP contribution in [0.1, 0.15) is 11.1 Å². The molecule has 0 radical (unpaired) electrons. The second-order valence-electron chi connectivity index (χ2n) is 3.87. The molecule has 86 valence electrons. The van der Waals surface area contributed by atoms with Crippen LogP contribution in [0.5, 0.6) is 0 Å². The van der Waals surface area contributed by atoms with Gasteiger partial charge >= 0.3 is 0 Å². The Bertz CT molecular complexity index is 535. The van der Waals surface area contributed by atoms with Gasteiger partial charge in [0.05, 0.1) is 0 Å². The van der Waals surface area contributed by atoms with E-state index in [4.69, 9.17) is 23.2 Å². The van der Waals surface area contributed by atoms with E-state index in [0.717, 1.165) is 5.56 Å². The van der Waals surface area contributed by atoms with Crippen LogP contribution >= 0.6 is 23.2 Å². The molecular formula is C15H12Cl2. The Labute approximate surface area is 112 Å².